The van der Waals surface area contributed by atoms with Gasteiger partial charge < -0.3 is 9.47 Å². The van der Waals surface area contributed by atoms with Gasteiger partial charge in [-0.15, -0.1) is 0 Å². The molecule has 3 rings (SSSR count). The van der Waals surface area contributed by atoms with Crippen LogP contribution < -0.4 is 0 Å². The van der Waals surface area contributed by atoms with E-state index >= 15 is 0 Å². The van der Waals surface area contributed by atoms with E-state index in [1.54, 1.807) is 0 Å². The third kappa shape index (κ3) is 2.60. The van der Waals surface area contributed by atoms with Gasteiger partial charge in [-0.25, -0.2) is 4.68 Å². The van der Waals surface area contributed by atoms with E-state index in [2.05, 4.69) is 5.10 Å². The fourth-order valence-electron chi connectivity index (χ4n) is 2.06. The molecule has 0 bridgehead atoms. The summed E-state index contributed by atoms with van der Waals surface area (Å²) in [6, 6.07) is 12.2. The molecule has 2 aromatic rings. The Morgan fingerprint density at radius 3 is 2.67 bits per heavy atom. The molecule has 18 heavy (non-hydrogen) atoms. The van der Waals surface area contributed by atoms with Gasteiger partial charge in [-0.2, -0.15) is 5.10 Å². The summed E-state index contributed by atoms with van der Waals surface area (Å²) < 4.78 is 12.7. The molecule has 1 aromatic heterocycles. The van der Waals surface area contributed by atoms with E-state index in [1.807, 2.05) is 47.3 Å². The van der Waals surface area contributed by atoms with Crippen molar-refractivity contribution in [2.24, 2.45) is 0 Å². The lowest BCUT2D eigenvalue weighted by Crippen LogP contribution is -2.09. The maximum absolute atomic E-state index is 5.41. The second kappa shape index (κ2) is 5.33. The number of aryl methyl sites for hydroxylation is 1. The van der Waals surface area contributed by atoms with Gasteiger partial charge in [0.15, 0.2) is 6.29 Å². The number of para-hydroxylation sites is 1. The summed E-state index contributed by atoms with van der Waals surface area (Å²) in [6.45, 7) is 1.42. The Kier molecular flexibility index (Phi) is 3.39. The fourth-order valence-corrected chi connectivity index (χ4v) is 2.06. The third-order valence-electron chi connectivity index (χ3n) is 2.99. The maximum atomic E-state index is 5.41. The number of hydrogen-bond acceptors (Lipinski definition) is 3. The Bertz CT molecular complexity index is 490. The van der Waals surface area contributed by atoms with Gasteiger partial charge in [-0.3, -0.25) is 0 Å². The highest BCUT2D eigenvalue weighted by Crippen LogP contribution is 2.13. The first kappa shape index (κ1) is 11.4. The molecule has 0 N–H and O–H groups in total. The highest BCUT2D eigenvalue weighted by Gasteiger charge is 2.15. The van der Waals surface area contributed by atoms with Crippen LogP contribution >= 0.6 is 0 Å². The molecular weight excluding hydrogens is 228 g/mol. The molecule has 4 nitrogen and oxygen atoms in total. The second-order valence-corrected chi connectivity index (χ2v) is 4.30. The number of nitrogens with zero attached hydrogens (tertiary/aromatic N) is 2. The van der Waals surface area contributed by atoms with Gasteiger partial charge in [-0.1, -0.05) is 18.2 Å². The summed E-state index contributed by atoms with van der Waals surface area (Å²) >= 11 is 0. The van der Waals surface area contributed by atoms with E-state index < -0.39 is 0 Å². The predicted octanol–water partition coefficient (Wildman–Crippen LogP) is 2.18. The van der Waals surface area contributed by atoms with Crippen molar-refractivity contribution in [1.29, 1.82) is 0 Å². The molecule has 0 saturated carbocycles. The van der Waals surface area contributed by atoms with Crippen molar-refractivity contribution in [2.75, 3.05) is 13.2 Å². The average Bonchev–Trinajstić information content (AvgIpc) is 3.09. The van der Waals surface area contributed by atoms with Gasteiger partial charge in [0.05, 0.1) is 24.6 Å². The lowest BCUT2D eigenvalue weighted by molar-refractivity contribution is -0.0463. The normalized spacial score (nSPS) is 16.2. The SMILES string of the molecule is c1ccc(-n2ccc(CCC3OCCO3)n2)cc1. The lowest BCUT2D eigenvalue weighted by Gasteiger charge is -2.06. The Balaban J connectivity index is 1.63. The Hall–Kier alpha value is -1.65. The highest BCUT2D eigenvalue weighted by atomic mass is 16.7. The number of benzene rings is 1. The molecule has 0 aliphatic carbocycles. The predicted molar refractivity (Wildman–Crippen MR) is 67.6 cm³/mol. The van der Waals surface area contributed by atoms with Gasteiger partial charge in [0.2, 0.25) is 0 Å². The zero-order chi connectivity index (χ0) is 12.2. The van der Waals surface area contributed by atoms with Crippen molar-refractivity contribution in [3.05, 3.63) is 48.3 Å². The Labute approximate surface area is 106 Å². The van der Waals surface area contributed by atoms with Crippen LogP contribution in [0, 0.1) is 0 Å². The first-order valence-corrected chi connectivity index (χ1v) is 6.25. The summed E-state index contributed by atoms with van der Waals surface area (Å²) in [6.07, 6.45) is 3.68. The van der Waals surface area contributed by atoms with E-state index in [-0.39, 0.29) is 6.29 Å². The molecule has 1 aliphatic heterocycles. The standard InChI is InChI=1S/C14H16N2O2/c1-2-4-13(5-3-1)16-9-8-12(15-16)6-7-14-17-10-11-18-14/h1-5,8-9,14H,6-7,10-11H2. The molecule has 0 amide bonds. The highest BCUT2D eigenvalue weighted by molar-refractivity contribution is 5.30. The largest absolute Gasteiger partial charge is 0.350 e. The second-order valence-electron chi connectivity index (χ2n) is 4.30. The smallest absolute Gasteiger partial charge is 0.158 e. The molecule has 94 valence electrons. The molecule has 1 saturated heterocycles. The zero-order valence-corrected chi connectivity index (χ0v) is 10.2. The lowest BCUT2D eigenvalue weighted by atomic mass is 10.2. The first-order valence-electron chi connectivity index (χ1n) is 6.25. The van der Waals surface area contributed by atoms with Crippen LogP contribution in [0.1, 0.15) is 12.1 Å². The molecule has 2 heterocycles. The van der Waals surface area contributed by atoms with Crippen LogP contribution in [-0.4, -0.2) is 29.3 Å². The van der Waals surface area contributed by atoms with Gasteiger partial charge in [0.25, 0.3) is 0 Å². The fraction of sp³-hybridized carbons (Fsp3) is 0.357. The summed E-state index contributed by atoms with van der Waals surface area (Å²) in [5.41, 5.74) is 2.15. The van der Waals surface area contributed by atoms with Crippen LogP contribution in [0.4, 0.5) is 0 Å². The monoisotopic (exact) mass is 244 g/mol. The van der Waals surface area contributed by atoms with Gasteiger partial charge in [-0.05, 0) is 24.6 Å². The number of rotatable bonds is 4. The van der Waals surface area contributed by atoms with E-state index in [0.717, 1.165) is 24.2 Å². The van der Waals surface area contributed by atoms with Crippen molar-refractivity contribution in [3.8, 4) is 5.69 Å². The van der Waals surface area contributed by atoms with Crippen LogP contribution in [0.3, 0.4) is 0 Å². The van der Waals surface area contributed by atoms with Crippen LogP contribution in [-0.2, 0) is 15.9 Å². The summed E-state index contributed by atoms with van der Waals surface area (Å²) in [7, 11) is 0. The minimum atomic E-state index is -0.0492. The third-order valence-corrected chi connectivity index (χ3v) is 2.99. The molecule has 1 aromatic carbocycles. The minimum absolute atomic E-state index is 0.0492. The van der Waals surface area contributed by atoms with Crippen LogP contribution in [0.2, 0.25) is 0 Å². The van der Waals surface area contributed by atoms with E-state index in [4.69, 9.17) is 9.47 Å². The van der Waals surface area contributed by atoms with Gasteiger partial charge in [0, 0.05) is 12.6 Å². The molecular formula is C14H16N2O2. The van der Waals surface area contributed by atoms with Gasteiger partial charge >= 0.3 is 0 Å². The molecule has 0 spiro atoms. The van der Waals surface area contributed by atoms with E-state index in [9.17, 15) is 0 Å². The summed E-state index contributed by atoms with van der Waals surface area (Å²) in [5.74, 6) is 0. The molecule has 1 aliphatic rings. The Morgan fingerprint density at radius 2 is 1.89 bits per heavy atom. The number of aromatic nitrogens is 2. The van der Waals surface area contributed by atoms with Crippen molar-refractivity contribution in [3.63, 3.8) is 0 Å². The first-order chi connectivity index (χ1) is 8.92. The zero-order valence-electron chi connectivity index (χ0n) is 10.2. The number of ether oxygens (including phenoxy) is 2. The van der Waals surface area contributed by atoms with E-state index in [0.29, 0.717) is 13.2 Å². The van der Waals surface area contributed by atoms with Crippen molar-refractivity contribution in [2.45, 2.75) is 19.1 Å². The minimum Gasteiger partial charge on any atom is -0.350 e. The van der Waals surface area contributed by atoms with Crippen LogP contribution in [0.5, 0.6) is 0 Å². The quantitative estimate of drug-likeness (QED) is 0.827. The van der Waals surface area contributed by atoms with Crippen molar-refractivity contribution >= 4 is 0 Å². The Morgan fingerprint density at radius 1 is 1.11 bits per heavy atom. The van der Waals surface area contributed by atoms with Crippen molar-refractivity contribution in [1.82, 2.24) is 9.78 Å². The number of hydrogen-bond donors (Lipinski definition) is 0. The molecule has 0 unspecified atom stereocenters. The summed E-state index contributed by atoms with van der Waals surface area (Å²) in [5, 5.41) is 4.55. The molecule has 0 atom stereocenters. The van der Waals surface area contributed by atoms with E-state index in [1.165, 1.54) is 0 Å². The maximum Gasteiger partial charge on any atom is 0.158 e. The average molecular weight is 244 g/mol. The molecule has 0 radical (unpaired) electrons. The van der Waals surface area contributed by atoms with Crippen LogP contribution in [0.25, 0.3) is 5.69 Å². The van der Waals surface area contributed by atoms with Gasteiger partial charge in [0.1, 0.15) is 0 Å². The molecule has 4 heteroatoms. The topological polar surface area (TPSA) is 36.3 Å². The van der Waals surface area contributed by atoms with Crippen LogP contribution in [0.15, 0.2) is 42.6 Å². The summed E-state index contributed by atoms with van der Waals surface area (Å²) in [4.78, 5) is 0. The molecule has 1 fully saturated rings. The van der Waals surface area contributed by atoms with Crippen molar-refractivity contribution < 1.29 is 9.47 Å².